The maximum Gasteiger partial charge on any atom is 0.150 e. The molecule has 0 saturated carbocycles. The van der Waals surface area contributed by atoms with Gasteiger partial charge in [0, 0.05) is 12.8 Å². The summed E-state index contributed by atoms with van der Waals surface area (Å²) in [6, 6.07) is -0.284. The van der Waals surface area contributed by atoms with Crippen molar-refractivity contribution >= 4 is 5.78 Å². The third kappa shape index (κ3) is 4.58. The fourth-order valence-corrected chi connectivity index (χ4v) is 0.724. The molecule has 0 aromatic heterocycles. The van der Waals surface area contributed by atoms with Gasteiger partial charge >= 0.3 is 0 Å². The second-order valence-corrected chi connectivity index (χ2v) is 2.41. The Morgan fingerprint density at radius 3 is 2.73 bits per heavy atom. The van der Waals surface area contributed by atoms with Gasteiger partial charge in [0.15, 0.2) is 0 Å². The molecule has 1 unspecified atom stereocenters. The number of Topliss-reactive ketones (excluding diaryl/α,β-unsaturated/α-hetero) is 1. The normalized spacial score (nSPS) is 11.5. The second-order valence-electron chi connectivity index (χ2n) is 2.41. The first-order valence-electron chi connectivity index (χ1n) is 3.90. The highest BCUT2D eigenvalue weighted by Gasteiger charge is 2.08. The zero-order valence-corrected chi connectivity index (χ0v) is 7.18. The number of nitrogens with two attached hydrogens (primary N) is 1. The minimum absolute atomic E-state index is 0.121. The summed E-state index contributed by atoms with van der Waals surface area (Å²) in [6.07, 6.45) is 1.86. The summed E-state index contributed by atoms with van der Waals surface area (Å²) in [6.45, 7) is 3.68. The summed E-state index contributed by atoms with van der Waals surface area (Å²) in [5, 5.41) is 0. The van der Waals surface area contributed by atoms with E-state index in [1.165, 1.54) is 0 Å². The van der Waals surface area contributed by atoms with E-state index in [-0.39, 0.29) is 11.8 Å². The number of hydrogen-bond acceptors (Lipinski definition) is 2. The summed E-state index contributed by atoms with van der Waals surface area (Å²) in [5.74, 6) is 5.69. The highest BCUT2D eigenvalue weighted by atomic mass is 16.1. The monoisotopic (exact) mass is 153 g/mol. The number of ketones is 1. The van der Waals surface area contributed by atoms with Gasteiger partial charge in [0.1, 0.15) is 5.78 Å². The maximum absolute atomic E-state index is 11.1. The lowest BCUT2D eigenvalue weighted by molar-refractivity contribution is -0.120. The molecule has 0 bridgehead atoms. The van der Waals surface area contributed by atoms with Crippen LogP contribution in [-0.4, -0.2) is 11.8 Å². The number of rotatable bonds is 4. The molecule has 0 rings (SSSR count). The molecule has 2 nitrogen and oxygen atoms in total. The van der Waals surface area contributed by atoms with Crippen LogP contribution in [0.25, 0.3) is 0 Å². The van der Waals surface area contributed by atoms with E-state index < -0.39 is 0 Å². The van der Waals surface area contributed by atoms with E-state index in [2.05, 4.69) is 11.8 Å². The molecule has 0 aliphatic carbocycles. The fourth-order valence-electron chi connectivity index (χ4n) is 0.724. The van der Waals surface area contributed by atoms with E-state index >= 15 is 0 Å². The van der Waals surface area contributed by atoms with Crippen LogP contribution in [0.5, 0.6) is 0 Å². The van der Waals surface area contributed by atoms with E-state index in [9.17, 15) is 4.79 Å². The SMILES string of the molecule is CC#CCCC(=O)C(N)CC. The Bertz CT molecular complexity index is 176. The van der Waals surface area contributed by atoms with Gasteiger partial charge in [-0.05, 0) is 13.3 Å². The molecule has 0 radical (unpaired) electrons. The first-order valence-corrected chi connectivity index (χ1v) is 3.90. The summed E-state index contributed by atoms with van der Waals surface area (Å²) in [4.78, 5) is 11.1. The van der Waals surface area contributed by atoms with Crippen LogP contribution in [0.15, 0.2) is 0 Å². The van der Waals surface area contributed by atoms with Crippen molar-refractivity contribution in [2.24, 2.45) is 5.73 Å². The Kier molecular flexibility index (Phi) is 5.50. The van der Waals surface area contributed by atoms with Gasteiger partial charge in [0.2, 0.25) is 0 Å². The zero-order chi connectivity index (χ0) is 8.69. The quantitative estimate of drug-likeness (QED) is 0.614. The van der Waals surface area contributed by atoms with E-state index in [0.717, 1.165) is 6.42 Å². The van der Waals surface area contributed by atoms with Crippen LogP contribution < -0.4 is 5.73 Å². The number of hydrogen-bond donors (Lipinski definition) is 1. The Hall–Kier alpha value is -0.810. The maximum atomic E-state index is 11.1. The topological polar surface area (TPSA) is 43.1 Å². The third-order valence-corrected chi connectivity index (χ3v) is 1.53. The van der Waals surface area contributed by atoms with Gasteiger partial charge in [0.25, 0.3) is 0 Å². The van der Waals surface area contributed by atoms with Crippen molar-refractivity contribution in [2.45, 2.75) is 39.2 Å². The van der Waals surface area contributed by atoms with Crippen molar-refractivity contribution < 1.29 is 4.79 Å². The molecule has 62 valence electrons. The Morgan fingerprint density at radius 1 is 1.64 bits per heavy atom. The first kappa shape index (κ1) is 10.2. The van der Waals surface area contributed by atoms with Crippen LogP contribution >= 0.6 is 0 Å². The van der Waals surface area contributed by atoms with E-state index in [1.54, 1.807) is 6.92 Å². The van der Waals surface area contributed by atoms with E-state index in [0.29, 0.717) is 12.8 Å². The van der Waals surface area contributed by atoms with Gasteiger partial charge in [-0.25, -0.2) is 0 Å². The molecule has 11 heavy (non-hydrogen) atoms. The molecule has 0 aliphatic heterocycles. The molecule has 0 aromatic carbocycles. The van der Waals surface area contributed by atoms with Crippen LogP contribution in [0, 0.1) is 11.8 Å². The van der Waals surface area contributed by atoms with Crippen LogP contribution in [0.3, 0.4) is 0 Å². The summed E-state index contributed by atoms with van der Waals surface area (Å²) in [7, 11) is 0. The predicted octanol–water partition coefficient (Wildman–Crippen LogP) is 1.10. The first-order chi connectivity index (χ1) is 5.22. The van der Waals surface area contributed by atoms with Crippen LogP contribution in [-0.2, 0) is 4.79 Å². The molecule has 0 spiro atoms. The molecular weight excluding hydrogens is 138 g/mol. The summed E-state index contributed by atoms with van der Waals surface area (Å²) < 4.78 is 0. The minimum Gasteiger partial charge on any atom is -0.322 e. The van der Waals surface area contributed by atoms with E-state index in [1.807, 2.05) is 6.92 Å². The Morgan fingerprint density at radius 2 is 2.27 bits per heavy atom. The molecule has 0 amide bonds. The Labute approximate surface area is 68.2 Å². The molecule has 1 atom stereocenters. The van der Waals surface area contributed by atoms with Crippen LogP contribution in [0.1, 0.15) is 33.1 Å². The summed E-state index contributed by atoms with van der Waals surface area (Å²) in [5.41, 5.74) is 5.50. The molecule has 0 aromatic rings. The zero-order valence-electron chi connectivity index (χ0n) is 7.18. The smallest absolute Gasteiger partial charge is 0.150 e. The van der Waals surface area contributed by atoms with Crippen molar-refractivity contribution in [1.29, 1.82) is 0 Å². The van der Waals surface area contributed by atoms with Crippen molar-refractivity contribution in [1.82, 2.24) is 0 Å². The van der Waals surface area contributed by atoms with Crippen LogP contribution in [0.2, 0.25) is 0 Å². The van der Waals surface area contributed by atoms with Crippen molar-refractivity contribution in [2.75, 3.05) is 0 Å². The Balaban J connectivity index is 3.57. The molecule has 0 aliphatic rings. The second kappa shape index (κ2) is 5.94. The average molecular weight is 153 g/mol. The van der Waals surface area contributed by atoms with Crippen molar-refractivity contribution in [3.05, 3.63) is 0 Å². The molecular formula is C9H15NO. The predicted molar refractivity (Wildman–Crippen MR) is 46.0 cm³/mol. The van der Waals surface area contributed by atoms with Crippen LogP contribution in [0.4, 0.5) is 0 Å². The minimum atomic E-state index is -0.284. The van der Waals surface area contributed by atoms with Gasteiger partial charge in [-0.2, -0.15) is 0 Å². The lowest BCUT2D eigenvalue weighted by atomic mass is 10.1. The van der Waals surface area contributed by atoms with Crippen molar-refractivity contribution in [3.8, 4) is 11.8 Å². The van der Waals surface area contributed by atoms with Gasteiger partial charge in [-0.1, -0.05) is 6.92 Å². The average Bonchev–Trinajstić information content (AvgIpc) is 2.03. The van der Waals surface area contributed by atoms with Crippen molar-refractivity contribution in [3.63, 3.8) is 0 Å². The lowest BCUT2D eigenvalue weighted by Crippen LogP contribution is -2.29. The lowest BCUT2D eigenvalue weighted by Gasteiger charge is -2.04. The third-order valence-electron chi connectivity index (χ3n) is 1.53. The summed E-state index contributed by atoms with van der Waals surface area (Å²) >= 11 is 0. The standard InChI is InChI=1S/C9H15NO/c1-3-5-6-7-9(11)8(10)4-2/h8H,4,6-7,10H2,1-2H3. The van der Waals surface area contributed by atoms with Gasteiger partial charge in [-0.15, -0.1) is 11.8 Å². The largest absolute Gasteiger partial charge is 0.322 e. The van der Waals surface area contributed by atoms with Gasteiger partial charge in [-0.3, -0.25) is 4.79 Å². The van der Waals surface area contributed by atoms with Gasteiger partial charge < -0.3 is 5.73 Å². The number of carbonyl (C=O) groups is 1. The highest BCUT2D eigenvalue weighted by Crippen LogP contribution is 1.96. The molecule has 0 saturated heterocycles. The molecule has 2 heteroatoms. The molecule has 0 fully saturated rings. The highest BCUT2D eigenvalue weighted by molar-refractivity contribution is 5.83. The molecule has 2 N–H and O–H groups in total. The van der Waals surface area contributed by atoms with Gasteiger partial charge in [0.05, 0.1) is 6.04 Å². The fraction of sp³-hybridized carbons (Fsp3) is 0.667. The number of carbonyl (C=O) groups excluding carboxylic acids is 1. The van der Waals surface area contributed by atoms with E-state index in [4.69, 9.17) is 5.73 Å². The molecule has 0 heterocycles.